The van der Waals surface area contributed by atoms with Crippen molar-refractivity contribution in [2.75, 3.05) is 44.2 Å². The van der Waals surface area contributed by atoms with Gasteiger partial charge in [-0.15, -0.1) is 0 Å². The van der Waals surface area contributed by atoms with Crippen molar-refractivity contribution in [2.24, 2.45) is 0 Å². The summed E-state index contributed by atoms with van der Waals surface area (Å²) in [5, 5.41) is 0.622. The zero-order valence-corrected chi connectivity index (χ0v) is 20.1. The topological polar surface area (TPSA) is 64.2 Å². The lowest BCUT2D eigenvalue weighted by Gasteiger charge is -2.43. The van der Waals surface area contributed by atoms with Gasteiger partial charge in [-0.1, -0.05) is 29.8 Å². The number of carbonyl (C=O) groups is 3. The van der Waals surface area contributed by atoms with E-state index >= 15 is 0 Å². The average Bonchev–Trinajstić information content (AvgIpc) is 3.10. The van der Waals surface area contributed by atoms with Gasteiger partial charge in [-0.25, -0.2) is 0 Å². The molecule has 0 atom stereocenters. The maximum absolute atomic E-state index is 13.3. The maximum Gasteiger partial charge on any atom is 0.263 e. The molecular weight excluding hydrogens is 452 g/mol. The summed E-state index contributed by atoms with van der Waals surface area (Å²) in [6.07, 6.45) is 2.01. The predicted molar refractivity (Wildman–Crippen MR) is 131 cm³/mol. The molecule has 8 heteroatoms. The molecule has 5 rings (SSSR count). The molecule has 34 heavy (non-hydrogen) atoms. The fraction of sp³-hybridized carbons (Fsp3) is 0.423. The first-order valence-electron chi connectivity index (χ1n) is 11.9. The highest BCUT2D eigenvalue weighted by Crippen LogP contribution is 2.33. The quantitative estimate of drug-likeness (QED) is 0.628. The van der Waals surface area contributed by atoms with Crippen LogP contribution in [-0.4, -0.2) is 77.7 Å². The summed E-state index contributed by atoms with van der Waals surface area (Å²) >= 11 is 5.97. The summed E-state index contributed by atoms with van der Waals surface area (Å²) in [5.41, 5.74) is 2.71. The van der Waals surface area contributed by atoms with Crippen LogP contribution in [0.1, 0.15) is 46.0 Å². The molecule has 0 radical (unpaired) electrons. The molecule has 0 N–H and O–H groups in total. The number of piperazine rings is 1. The molecule has 3 aliphatic heterocycles. The number of imide groups is 1. The van der Waals surface area contributed by atoms with E-state index in [1.165, 1.54) is 4.90 Å². The van der Waals surface area contributed by atoms with Crippen molar-refractivity contribution in [1.82, 2.24) is 14.7 Å². The molecule has 3 heterocycles. The highest BCUT2D eigenvalue weighted by molar-refractivity contribution is 6.30. The van der Waals surface area contributed by atoms with Gasteiger partial charge in [-0.2, -0.15) is 0 Å². The number of nitrogens with zero attached hydrogens (tertiary/aromatic N) is 4. The molecule has 2 fully saturated rings. The third-order valence-corrected chi connectivity index (χ3v) is 7.56. The van der Waals surface area contributed by atoms with Crippen LogP contribution in [-0.2, 0) is 11.3 Å². The normalized spacial score (nSPS) is 19.6. The van der Waals surface area contributed by atoms with Crippen LogP contribution in [0.2, 0.25) is 5.02 Å². The van der Waals surface area contributed by atoms with Crippen molar-refractivity contribution >= 4 is 35.0 Å². The Bertz CT molecular complexity index is 1100. The van der Waals surface area contributed by atoms with Gasteiger partial charge in [0.15, 0.2) is 0 Å². The van der Waals surface area contributed by atoms with Crippen molar-refractivity contribution in [1.29, 1.82) is 0 Å². The van der Waals surface area contributed by atoms with E-state index in [9.17, 15) is 14.4 Å². The van der Waals surface area contributed by atoms with E-state index in [1.807, 2.05) is 29.2 Å². The molecule has 3 aliphatic rings. The van der Waals surface area contributed by atoms with Gasteiger partial charge in [0.2, 0.25) is 5.91 Å². The monoisotopic (exact) mass is 480 g/mol. The number of carbonyl (C=O) groups excluding carboxylic acids is 3. The summed E-state index contributed by atoms with van der Waals surface area (Å²) < 4.78 is 0. The lowest BCUT2D eigenvalue weighted by Crippen LogP contribution is -2.53. The second-order valence-corrected chi connectivity index (χ2v) is 9.72. The number of anilines is 1. The minimum absolute atomic E-state index is 0.158. The lowest BCUT2D eigenvalue weighted by molar-refractivity contribution is -0.130. The fourth-order valence-electron chi connectivity index (χ4n) is 5.37. The van der Waals surface area contributed by atoms with E-state index in [4.69, 9.17) is 11.6 Å². The lowest BCUT2D eigenvalue weighted by atomic mass is 10.0. The molecule has 2 aromatic carbocycles. The Labute approximate surface area is 204 Å². The Balaban J connectivity index is 1.27. The molecule has 2 aromatic rings. The van der Waals surface area contributed by atoms with Crippen LogP contribution >= 0.6 is 11.6 Å². The molecule has 178 valence electrons. The molecule has 7 nitrogen and oxygen atoms in total. The Hall–Kier alpha value is -2.90. The Morgan fingerprint density at radius 1 is 0.912 bits per heavy atom. The summed E-state index contributed by atoms with van der Waals surface area (Å²) in [6.45, 7) is 6.95. The second kappa shape index (κ2) is 9.39. The largest absolute Gasteiger partial charge is 0.368 e. The van der Waals surface area contributed by atoms with Crippen molar-refractivity contribution in [3.05, 3.63) is 64.2 Å². The van der Waals surface area contributed by atoms with E-state index in [0.29, 0.717) is 22.2 Å². The zero-order valence-electron chi connectivity index (χ0n) is 19.4. The number of halogens is 1. The minimum atomic E-state index is -0.243. The summed E-state index contributed by atoms with van der Waals surface area (Å²) in [6, 6.07) is 13.3. The van der Waals surface area contributed by atoms with Crippen molar-refractivity contribution in [2.45, 2.75) is 32.4 Å². The second-order valence-electron chi connectivity index (χ2n) is 9.28. The number of piperidine rings is 1. The Morgan fingerprint density at radius 2 is 1.59 bits per heavy atom. The van der Waals surface area contributed by atoms with Crippen LogP contribution in [0.25, 0.3) is 0 Å². The smallest absolute Gasteiger partial charge is 0.263 e. The van der Waals surface area contributed by atoms with Crippen LogP contribution in [0.5, 0.6) is 0 Å². The first-order chi connectivity index (χ1) is 16.4. The third-order valence-electron chi connectivity index (χ3n) is 7.31. The average molecular weight is 481 g/mol. The van der Waals surface area contributed by atoms with E-state index < -0.39 is 0 Å². The van der Waals surface area contributed by atoms with Gasteiger partial charge in [0.25, 0.3) is 11.8 Å². The number of hydrogen-bond donors (Lipinski definition) is 0. The van der Waals surface area contributed by atoms with Crippen molar-refractivity contribution in [3.8, 4) is 0 Å². The molecule has 0 aromatic heterocycles. The number of amides is 3. The van der Waals surface area contributed by atoms with Gasteiger partial charge in [0.1, 0.15) is 0 Å². The molecule has 0 saturated carbocycles. The fourth-order valence-corrected chi connectivity index (χ4v) is 5.50. The van der Waals surface area contributed by atoms with Gasteiger partial charge in [0.05, 0.1) is 23.4 Å². The summed E-state index contributed by atoms with van der Waals surface area (Å²) in [5.74, 6) is -0.317. The van der Waals surface area contributed by atoms with E-state index in [1.54, 1.807) is 25.1 Å². The van der Waals surface area contributed by atoms with Gasteiger partial charge in [-0.3, -0.25) is 24.2 Å². The number of rotatable bonds is 4. The minimum Gasteiger partial charge on any atom is -0.368 e. The van der Waals surface area contributed by atoms with Crippen LogP contribution < -0.4 is 4.90 Å². The highest BCUT2D eigenvalue weighted by Gasteiger charge is 2.39. The van der Waals surface area contributed by atoms with E-state index in [2.05, 4.69) is 9.80 Å². The first kappa shape index (κ1) is 22.9. The summed E-state index contributed by atoms with van der Waals surface area (Å²) in [4.78, 5) is 46.0. The standard InChI is InChI=1S/C26H29ClN4O3/c1-18(32)28-11-9-21(10-12-28)29-13-15-30(16-14-29)23-4-2-3-22-24(23)26(34)31(25(22)33)17-19-5-7-20(27)8-6-19/h2-8,21H,9-17H2,1H3. The van der Waals surface area contributed by atoms with Crippen molar-refractivity contribution < 1.29 is 14.4 Å². The molecule has 0 unspecified atom stereocenters. The van der Waals surface area contributed by atoms with Gasteiger partial charge >= 0.3 is 0 Å². The van der Waals surface area contributed by atoms with Crippen LogP contribution in [0.4, 0.5) is 5.69 Å². The van der Waals surface area contributed by atoms with Gasteiger partial charge in [0, 0.05) is 57.3 Å². The van der Waals surface area contributed by atoms with Crippen molar-refractivity contribution in [3.63, 3.8) is 0 Å². The molecule has 2 saturated heterocycles. The zero-order chi connectivity index (χ0) is 23.8. The molecule has 3 amide bonds. The first-order valence-corrected chi connectivity index (χ1v) is 12.3. The highest BCUT2D eigenvalue weighted by atomic mass is 35.5. The molecule has 0 spiro atoms. The number of fused-ring (bicyclic) bond motifs is 1. The third kappa shape index (κ3) is 4.30. The van der Waals surface area contributed by atoms with Crippen LogP contribution in [0.15, 0.2) is 42.5 Å². The number of benzene rings is 2. The molecule has 0 bridgehead atoms. The Morgan fingerprint density at radius 3 is 2.24 bits per heavy atom. The Kier molecular flexibility index (Phi) is 6.32. The number of hydrogen-bond acceptors (Lipinski definition) is 5. The van der Waals surface area contributed by atoms with Gasteiger partial charge < -0.3 is 9.80 Å². The summed E-state index contributed by atoms with van der Waals surface area (Å²) in [7, 11) is 0. The van der Waals surface area contributed by atoms with Crippen LogP contribution in [0.3, 0.4) is 0 Å². The van der Waals surface area contributed by atoms with E-state index in [-0.39, 0.29) is 24.3 Å². The maximum atomic E-state index is 13.3. The molecule has 0 aliphatic carbocycles. The van der Waals surface area contributed by atoms with Crippen LogP contribution in [0, 0.1) is 0 Å². The number of likely N-dealkylation sites (tertiary alicyclic amines) is 1. The predicted octanol–water partition coefficient (Wildman–Crippen LogP) is 3.27. The van der Waals surface area contributed by atoms with E-state index in [0.717, 1.165) is 63.4 Å². The molecular formula is C26H29ClN4O3. The SMILES string of the molecule is CC(=O)N1CCC(N2CCN(c3cccc4c3C(=O)N(Cc3ccc(Cl)cc3)C4=O)CC2)CC1. The van der Waals surface area contributed by atoms with Gasteiger partial charge in [-0.05, 0) is 42.7 Å².